The number of carboxylic acids is 1. The molecule has 18 heavy (non-hydrogen) atoms. The molecule has 0 saturated heterocycles. The number of carbonyl (C=O) groups is 1. The van der Waals surface area contributed by atoms with Gasteiger partial charge in [0.15, 0.2) is 5.69 Å². The van der Waals surface area contributed by atoms with Gasteiger partial charge in [0.1, 0.15) is 5.00 Å². The molecular weight excluding hydrogens is 248 g/mol. The highest BCUT2D eigenvalue weighted by Crippen LogP contribution is 2.26. The van der Waals surface area contributed by atoms with E-state index in [9.17, 15) is 4.79 Å². The molecule has 0 unspecified atom stereocenters. The van der Waals surface area contributed by atoms with E-state index < -0.39 is 5.97 Å². The summed E-state index contributed by atoms with van der Waals surface area (Å²) in [5, 5.41) is 12.6. The van der Waals surface area contributed by atoms with Gasteiger partial charge in [0.25, 0.3) is 0 Å². The summed E-state index contributed by atoms with van der Waals surface area (Å²) in [5.41, 5.74) is 3.68. The summed E-state index contributed by atoms with van der Waals surface area (Å²) in [5.74, 6) is -0.578. The molecule has 4 nitrogen and oxygen atoms in total. The Kier molecular flexibility index (Phi) is 3.62. The van der Waals surface area contributed by atoms with E-state index in [4.69, 9.17) is 5.11 Å². The second-order valence-electron chi connectivity index (χ2n) is 4.24. The molecule has 2 N–H and O–H groups in total. The summed E-state index contributed by atoms with van der Waals surface area (Å²) >= 11 is 1.28. The first-order valence-electron chi connectivity index (χ1n) is 5.61. The predicted octanol–water partition coefficient (Wildman–Crippen LogP) is 3.71. The molecule has 0 aliphatic heterocycles. The number of carboxylic acid groups (broad SMARTS) is 1. The van der Waals surface area contributed by atoms with Crippen molar-refractivity contribution in [2.45, 2.75) is 19.8 Å². The van der Waals surface area contributed by atoms with E-state index in [1.54, 1.807) is 0 Å². The third-order valence-electron chi connectivity index (χ3n) is 2.58. The fraction of sp³-hybridized carbons (Fsp3) is 0.231. The molecule has 2 aromatic rings. The number of nitrogens with zero attached hydrogens (tertiary/aromatic N) is 1. The van der Waals surface area contributed by atoms with Crippen LogP contribution < -0.4 is 5.32 Å². The van der Waals surface area contributed by atoms with Crippen molar-refractivity contribution in [3.8, 4) is 0 Å². The number of thiazole rings is 1. The molecule has 0 radical (unpaired) electrons. The van der Waals surface area contributed by atoms with E-state index in [0.717, 1.165) is 5.69 Å². The minimum atomic E-state index is -1.02. The molecule has 0 saturated carbocycles. The zero-order valence-corrected chi connectivity index (χ0v) is 11.0. The van der Waals surface area contributed by atoms with Crippen LogP contribution >= 0.6 is 11.3 Å². The number of anilines is 2. The molecular formula is C13H14N2O2S. The van der Waals surface area contributed by atoms with Gasteiger partial charge in [-0.3, -0.25) is 0 Å². The van der Waals surface area contributed by atoms with Crippen LogP contribution in [0.5, 0.6) is 0 Å². The van der Waals surface area contributed by atoms with Crippen molar-refractivity contribution >= 4 is 28.0 Å². The topological polar surface area (TPSA) is 62.2 Å². The van der Waals surface area contributed by atoms with Crippen LogP contribution in [0.1, 0.15) is 35.8 Å². The predicted molar refractivity (Wildman–Crippen MR) is 72.9 cm³/mol. The van der Waals surface area contributed by atoms with E-state index in [2.05, 4.69) is 30.2 Å². The van der Waals surface area contributed by atoms with Crippen molar-refractivity contribution in [2.24, 2.45) is 0 Å². The summed E-state index contributed by atoms with van der Waals surface area (Å²) in [7, 11) is 0. The van der Waals surface area contributed by atoms with E-state index >= 15 is 0 Å². The van der Waals surface area contributed by atoms with E-state index in [1.165, 1.54) is 22.4 Å². The molecule has 0 bridgehead atoms. The van der Waals surface area contributed by atoms with E-state index in [0.29, 0.717) is 10.9 Å². The summed E-state index contributed by atoms with van der Waals surface area (Å²) in [4.78, 5) is 14.8. The van der Waals surface area contributed by atoms with Gasteiger partial charge in [-0.25, -0.2) is 9.78 Å². The molecule has 0 spiro atoms. The average molecular weight is 262 g/mol. The van der Waals surface area contributed by atoms with Gasteiger partial charge in [0.05, 0.1) is 5.51 Å². The first kappa shape index (κ1) is 12.6. The number of aromatic nitrogens is 1. The van der Waals surface area contributed by atoms with Crippen LogP contribution in [0.15, 0.2) is 29.8 Å². The average Bonchev–Trinajstić information content (AvgIpc) is 2.77. The minimum Gasteiger partial charge on any atom is -0.476 e. The van der Waals surface area contributed by atoms with Crippen LogP contribution in [0.25, 0.3) is 0 Å². The zero-order valence-electron chi connectivity index (χ0n) is 10.2. The van der Waals surface area contributed by atoms with Gasteiger partial charge in [-0.15, -0.1) is 11.3 Å². The Morgan fingerprint density at radius 3 is 2.89 bits per heavy atom. The number of rotatable bonds is 4. The van der Waals surface area contributed by atoms with Crippen molar-refractivity contribution in [3.63, 3.8) is 0 Å². The number of hydrogen-bond acceptors (Lipinski definition) is 4. The summed E-state index contributed by atoms with van der Waals surface area (Å²) in [6.07, 6.45) is 0. The minimum absolute atomic E-state index is 0.0648. The molecule has 0 aliphatic rings. The molecule has 1 aromatic carbocycles. The lowest BCUT2D eigenvalue weighted by Gasteiger charge is -2.09. The number of hydrogen-bond donors (Lipinski definition) is 2. The maximum Gasteiger partial charge on any atom is 0.357 e. The lowest BCUT2D eigenvalue weighted by molar-refractivity contribution is 0.0692. The van der Waals surface area contributed by atoms with Crippen molar-refractivity contribution < 1.29 is 9.90 Å². The van der Waals surface area contributed by atoms with Crippen LogP contribution in [0.2, 0.25) is 0 Å². The Bertz CT molecular complexity index is 564. The highest BCUT2D eigenvalue weighted by molar-refractivity contribution is 7.14. The number of benzene rings is 1. The van der Waals surface area contributed by atoms with Crippen LogP contribution in [0, 0.1) is 0 Å². The third kappa shape index (κ3) is 2.68. The van der Waals surface area contributed by atoms with Crippen LogP contribution in [-0.4, -0.2) is 16.1 Å². The van der Waals surface area contributed by atoms with Crippen LogP contribution in [0.3, 0.4) is 0 Å². The first-order valence-corrected chi connectivity index (χ1v) is 6.49. The number of aromatic carboxylic acids is 1. The maximum absolute atomic E-state index is 11.0. The Labute approximate surface area is 109 Å². The largest absolute Gasteiger partial charge is 0.476 e. The van der Waals surface area contributed by atoms with Gasteiger partial charge in [-0.1, -0.05) is 26.0 Å². The SMILES string of the molecule is CC(C)c1cccc(Nc2scnc2C(=O)O)c1. The smallest absolute Gasteiger partial charge is 0.357 e. The molecule has 94 valence electrons. The zero-order chi connectivity index (χ0) is 13.1. The standard InChI is InChI=1S/C13H14N2O2S/c1-8(2)9-4-3-5-10(6-9)15-12-11(13(16)17)14-7-18-12/h3-8,15H,1-2H3,(H,16,17). The highest BCUT2D eigenvalue weighted by Gasteiger charge is 2.13. The number of nitrogens with one attached hydrogen (secondary N) is 1. The Morgan fingerprint density at radius 1 is 1.44 bits per heavy atom. The third-order valence-corrected chi connectivity index (χ3v) is 3.32. The molecule has 1 heterocycles. The fourth-order valence-corrected chi connectivity index (χ4v) is 2.29. The van der Waals surface area contributed by atoms with E-state index in [1.807, 2.05) is 18.2 Å². The van der Waals surface area contributed by atoms with Gasteiger partial charge >= 0.3 is 5.97 Å². The molecule has 0 atom stereocenters. The second kappa shape index (κ2) is 5.18. The fourth-order valence-electron chi connectivity index (χ4n) is 1.59. The molecule has 0 amide bonds. The second-order valence-corrected chi connectivity index (χ2v) is 5.10. The normalized spacial score (nSPS) is 10.6. The van der Waals surface area contributed by atoms with E-state index in [-0.39, 0.29) is 5.69 Å². The molecule has 2 rings (SSSR count). The summed E-state index contributed by atoms with van der Waals surface area (Å²) in [6, 6.07) is 7.95. The van der Waals surface area contributed by atoms with Crippen molar-refractivity contribution in [1.82, 2.24) is 4.98 Å². The monoisotopic (exact) mass is 262 g/mol. The lowest BCUT2D eigenvalue weighted by atomic mass is 10.0. The van der Waals surface area contributed by atoms with Crippen LogP contribution in [-0.2, 0) is 0 Å². The Balaban J connectivity index is 2.26. The quantitative estimate of drug-likeness (QED) is 0.881. The molecule has 0 fully saturated rings. The Morgan fingerprint density at radius 2 is 2.22 bits per heavy atom. The van der Waals surface area contributed by atoms with Crippen molar-refractivity contribution in [3.05, 3.63) is 41.0 Å². The molecule has 5 heteroatoms. The van der Waals surface area contributed by atoms with Crippen molar-refractivity contribution in [2.75, 3.05) is 5.32 Å². The van der Waals surface area contributed by atoms with Gasteiger partial charge in [0.2, 0.25) is 0 Å². The summed E-state index contributed by atoms with van der Waals surface area (Å²) < 4.78 is 0. The first-order chi connectivity index (χ1) is 8.58. The highest BCUT2D eigenvalue weighted by atomic mass is 32.1. The van der Waals surface area contributed by atoms with Crippen molar-refractivity contribution in [1.29, 1.82) is 0 Å². The lowest BCUT2D eigenvalue weighted by Crippen LogP contribution is -2.01. The van der Waals surface area contributed by atoms with Crippen LogP contribution in [0.4, 0.5) is 10.7 Å². The van der Waals surface area contributed by atoms with Gasteiger partial charge in [-0.05, 0) is 23.6 Å². The maximum atomic E-state index is 11.0. The molecule has 0 aliphatic carbocycles. The van der Waals surface area contributed by atoms with Gasteiger partial charge in [-0.2, -0.15) is 0 Å². The molecule has 1 aromatic heterocycles. The summed E-state index contributed by atoms with van der Waals surface area (Å²) in [6.45, 7) is 4.24. The van der Waals surface area contributed by atoms with Gasteiger partial charge < -0.3 is 10.4 Å². The Hall–Kier alpha value is -1.88. The van der Waals surface area contributed by atoms with Gasteiger partial charge in [0, 0.05) is 5.69 Å².